The highest BCUT2D eigenvalue weighted by Gasteiger charge is 2.26. The summed E-state index contributed by atoms with van der Waals surface area (Å²) in [7, 11) is 0. The normalized spacial score (nSPS) is 16.8. The van der Waals surface area contributed by atoms with Gasteiger partial charge < -0.3 is 15.0 Å². The lowest BCUT2D eigenvalue weighted by atomic mass is 9.97. The average molecular weight is 389 g/mol. The molecule has 4 nitrogen and oxygen atoms in total. The molecule has 0 unspecified atom stereocenters. The van der Waals surface area contributed by atoms with Crippen LogP contribution >= 0.6 is 27.3 Å². The van der Waals surface area contributed by atoms with Crippen LogP contribution in [0.25, 0.3) is 0 Å². The quantitative estimate of drug-likeness (QED) is 0.837. The number of rotatable bonds is 4. The largest absolute Gasteiger partial charge is 0.444 e. The van der Waals surface area contributed by atoms with Gasteiger partial charge in [-0.1, -0.05) is 0 Å². The molecule has 0 saturated carbocycles. The van der Waals surface area contributed by atoms with Gasteiger partial charge in [0.15, 0.2) is 0 Å². The second kappa shape index (κ2) is 7.79. The van der Waals surface area contributed by atoms with Crippen molar-refractivity contribution in [3.05, 3.63) is 20.8 Å². The molecule has 6 heteroatoms. The predicted molar refractivity (Wildman–Crippen MR) is 94.3 cm³/mol. The Balaban J connectivity index is 1.67. The summed E-state index contributed by atoms with van der Waals surface area (Å²) in [6.45, 7) is 9.23. The fourth-order valence-electron chi connectivity index (χ4n) is 2.49. The summed E-state index contributed by atoms with van der Waals surface area (Å²) in [5.74, 6) is 0.637. The second-order valence-electron chi connectivity index (χ2n) is 6.73. The van der Waals surface area contributed by atoms with Gasteiger partial charge in [0, 0.05) is 29.0 Å². The van der Waals surface area contributed by atoms with Crippen molar-refractivity contribution in [2.75, 3.05) is 19.6 Å². The first-order valence-corrected chi connectivity index (χ1v) is 9.43. The van der Waals surface area contributed by atoms with Gasteiger partial charge in [0.05, 0.1) is 0 Å². The number of hydrogen-bond donors (Lipinski definition) is 1. The Morgan fingerprint density at radius 2 is 2.14 bits per heavy atom. The fraction of sp³-hybridized carbons (Fsp3) is 0.688. The number of likely N-dealkylation sites (tertiary alicyclic amines) is 1. The third kappa shape index (κ3) is 5.56. The first-order chi connectivity index (χ1) is 10.3. The van der Waals surface area contributed by atoms with Crippen molar-refractivity contribution < 1.29 is 9.53 Å². The number of carbonyl (C=O) groups is 1. The van der Waals surface area contributed by atoms with Crippen molar-refractivity contribution in [1.29, 1.82) is 0 Å². The van der Waals surface area contributed by atoms with E-state index in [0.717, 1.165) is 39.0 Å². The van der Waals surface area contributed by atoms with Crippen LogP contribution in [0.5, 0.6) is 0 Å². The predicted octanol–water partition coefficient (Wildman–Crippen LogP) is 4.25. The van der Waals surface area contributed by atoms with Crippen LogP contribution in [-0.2, 0) is 11.3 Å². The Morgan fingerprint density at radius 3 is 2.68 bits per heavy atom. The van der Waals surface area contributed by atoms with E-state index in [4.69, 9.17) is 4.74 Å². The number of nitrogens with one attached hydrogen (secondary N) is 1. The first kappa shape index (κ1) is 17.8. The first-order valence-electron chi connectivity index (χ1n) is 7.75. The molecule has 0 aromatic carbocycles. The lowest BCUT2D eigenvalue weighted by molar-refractivity contribution is 0.0184. The van der Waals surface area contributed by atoms with E-state index >= 15 is 0 Å². The molecule has 0 radical (unpaired) electrons. The third-order valence-corrected chi connectivity index (χ3v) is 5.60. The smallest absolute Gasteiger partial charge is 0.410 e. The highest BCUT2D eigenvalue weighted by molar-refractivity contribution is 9.10. The molecule has 1 N–H and O–H groups in total. The van der Waals surface area contributed by atoms with Gasteiger partial charge in [0.1, 0.15) is 5.60 Å². The second-order valence-corrected chi connectivity index (χ2v) is 8.59. The molecule has 1 amide bonds. The Bertz CT molecular complexity index is 491. The van der Waals surface area contributed by atoms with Gasteiger partial charge in [0.25, 0.3) is 0 Å². The molecule has 1 aliphatic heterocycles. The summed E-state index contributed by atoms with van der Waals surface area (Å²) in [5, 5.41) is 5.62. The van der Waals surface area contributed by atoms with Crippen LogP contribution in [-0.4, -0.2) is 36.2 Å². The minimum absolute atomic E-state index is 0.179. The van der Waals surface area contributed by atoms with Crippen LogP contribution in [0, 0.1) is 5.92 Å². The molecule has 0 spiro atoms. The van der Waals surface area contributed by atoms with E-state index in [-0.39, 0.29) is 6.09 Å². The molecule has 1 aromatic rings. The van der Waals surface area contributed by atoms with E-state index in [2.05, 4.69) is 32.7 Å². The Labute approximate surface area is 145 Å². The van der Waals surface area contributed by atoms with Gasteiger partial charge in [-0.2, -0.15) is 0 Å². The number of piperidine rings is 1. The van der Waals surface area contributed by atoms with Gasteiger partial charge in [-0.05, 0) is 73.5 Å². The van der Waals surface area contributed by atoms with Gasteiger partial charge in [-0.15, -0.1) is 11.3 Å². The zero-order valence-corrected chi connectivity index (χ0v) is 15.9. The SMILES string of the molecule is CC(C)(C)OC(=O)N1CCC(CNCc2sccc2Br)CC1. The zero-order valence-electron chi connectivity index (χ0n) is 13.5. The molecule has 0 aliphatic carbocycles. The van der Waals surface area contributed by atoms with E-state index < -0.39 is 5.60 Å². The van der Waals surface area contributed by atoms with Crippen LogP contribution in [0.15, 0.2) is 15.9 Å². The maximum Gasteiger partial charge on any atom is 0.410 e. The lowest BCUT2D eigenvalue weighted by Crippen LogP contribution is -2.43. The molecular formula is C16H25BrN2O2S. The minimum Gasteiger partial charge on any atom is -0.444 e. The topological polar surface area (TPSA) is 41.6 Å². The molecule has 22 heavy (non-hydrogen) atoms. The molecular weight excluding hydrogens is 364 g/mol. The number of nitrogens with zero attached hydrogens (tertiary/aromatic N) is 1. The summed E-state index contributed by atoms with van der Waals surface area (Å²) in [4.78, 5) is 15.2. The summed E-state index contributed by atoms with van der Waals surface area (Å²) in [6, 6.07) is 2.08. The minimum atomic E-state index is -0.413. The molecule has 0 bridgehead atoms. The molecule has 2 heterocycles. The molecule has 2 rings (SSSR count). The van der Waals surface area contributed by atoms with Crippen LogP contribution < -0.4 is 5.32 Å². The van der Waals surface area contributed by atoms with Crippen molar-refractivity contribution in [1.82, 2.24) is 10.2 Å². The molecule has 1 aliphatic rings. The van der Waals surface area contributed by atoms with Crippen molar-refractivity contribution in [3.8, 4) is 0 Å². The molecule has 1 fully saturated rings. The molecule has 1 aromatic heterocycles. The molecule has 0 atom stereocenters. The monoisotopic (exact) mass is 388 g/mol. The maximum absolute atomic E-state index is 12.0. The van der Waals surface area contributed by atoms with Crippen molar-refractivity contribution in [2.24, 2.45) is 5.92 Å². The van der Waals surface area contributed by atoms with E-state index in [9.17, 15) is 4.79 Å². The highest BCUT2D eigenvalue weighted by Crippen LogP contribution is 2.23. The molecule has 1 saturated heterocycles. The van der Waals surface area contributed by atoms with Crippen molar-refractivity contribution in [2.45, 2.75) is 45.8 Å². The van der Waals surface area contributed by atoms with E-state index in [0.29, 0.717) is 5.92 Å². The highest BCUT2D eigenvalue weighted by atomic mass is 79.9. The molecule has 124 valence electrons. The van der Waals surface area contributed by atoms with E-state index in [1.54, 1.807) is 11.3 Å². The summed E-state index contributed by atoms with van der Waals surface area (Å²) in [6.07, 6.45) is 1.90. The number of ether oxygens (including phenoxy) is 1. The summed E-state index contributed by atoms with van der Waals surface area (Å²) >= 11 is 5.32. The van der Waals surface area contributed by atoms with Crippen molar-refractivity contribution >= 4 is 33.4 Å². The van der Waals surface area contributed by atoms with Crippen LogP contribution in [0.2, 0.25) is 0 Å². The van der Waals surface area contributed by atoms with Gasteiger partial charge in [-0.25, -0.2) is 4.79 Å². The summed E-state index contributed by atoms with van der Waals surface area (Å²) in [5.41, 5.74) is -0.413. The Morgan fingerprint density at radius 1 is 1.45 bits per heavy atom. The van der Waals surface area contributed by atoms with E-state index in [1.165, 1.54) is 9.35 Å². The standard InChI is InChI=1S/C16H25BrN2O2S/c1-16(2,3)21-15(20)19-7-4-12(5-8-19)10-18-11-14-13(17)6-9-22-14/h6,9,12,18H,4-5,7-8,10-11H2,1-3H3. The third-order valence-electron chi connectivity index (χ3n) is 3.68. The lowest BCUT2D eigenvalue weighted by Gasteiger charge is -2.33. The average Bonchev–Trinajstić information content (AvgIpc) is 2.83. The van der Waals surface area contributed by atoms with Crippen LogP contribution in [0.4, 0.5) is 4.79 Å². The number of amides is 1. The van der Waals surface area contributed by atoms with Gasteiger partial charge in [-0.3, -0.25) is 0 Å². The fourth-order valence-corrected chi connectivity index (χ4v) is 3.95. The van der Waals surface area contributed by atoms with E-state index in [1.807, 2.05) is 25.7 Å². The number of thiophene rings is 1. The van der Waals surface area contributed by atoms with Crippen LogP contribution in [0.3, 0.4) is 0 Å². The summed E-state index contributed by atoms with van der Waals surface area (Å²) < 4.78 is 6.61. The van der Waals surface area contributed by atoms with Crippen molar-refractivity contribution in [3.63, 3.8) is 0 Å². The Hall–Kier alpha value is -0.590. The number of halogens is 1. The van der Waals surface area contributed by atoms with Crippen LogP contribution in [0.1, 0.15) is 38.5 Å². The van der Waals surface area contributed by atoms with Gasteiger partial charge in [0.2, 0.25) is 0 Å². The zero-order chi connectivity index (χ0) is 16.2. The number of hydrogen-bond acceptors (Lipinski definition) is 4. The Kier molecular flexibility index (Phi) is 6.29. The number of carbonyl (C=O) groups excluding carboxylic acids is 1. The van der Waals surface area contributed by atoms with Gasteiger partial charge >= 0.3 is 6.09 Å². The maximum atomic E-state index is 12.0.